The lowest BCUT2D eigenvalue weighted by atomic mass is 10.0. The molecule has 0 radical (unpaired) electrons. The van der Waals surface area contributed by atoms with E-state index in [1.54, 1.807) is 9.42 Å². The number of rotatable bonds is 5. The van der Waals surface area contributed by atoms with E-state index < -0.39 is 0 Å². The third-order valence-electron chi connectivity index (χ3n) is 5.53. The van der Waals surface area contributed by atoms with Gasteiger partial charge in [0.1, 0.15) is 36.9 Å². The van der Waals surface area contributed by atoms with Gasteiger partial charge >= 0.3 is 0 Å². The molecule has 0 bridgehead atoms. The first-order chi connectivity index (χ1) is 13.1. The van der Waals surface area contributed by atoms with Gasteiger partial charge in [-0.15, -0.1) is 5.10 Å². The van der Waals surface area contributed by atoms with Crippen LogP contribution >= 0.6 is 11.3 Å². The van der Waals surface area contributed by atoms with Crippen LogP contribution in [0, 0.1) is 5.82 Å². The summed E-state index contributed by atoms with van der Waals surface area (Å²) >= 11 is 1.49. The zero-order chi connectivity index (χ0) is 19.0. The predicted octanol–water partition coefficient (Wildman–Crippen LogP) is 0.0906. The van der Waals surface area contributed by atoms with Crippen molar-refractivity contribution in [1.29, 1.82) is 0 Å². The van der Waals surface area contributed by atoms with Crippen molar-refractivity contribution in [3.05, 3.63) is 46.3 Å². The summed E-state index contributed by atoms with van der Waals surface area (Å²) in [4.78, 5) is 9.08. The number of fused-ring (bicyclic) bond motifs is 1. The Balaban J connectivity index is 1.74. The largest absolute Gasteiger partial charge is 0.492 e. The summed E-state index contributed by atoms with van der Waals surface area (Å²) < 4.78 is 15.0. The molecule has 3 aromatic rings. The monoisotopic (exact) mass is 391 g/mol. The third-order valence-corrected chi connectivity index (χ3v) is 6.62. The van der Waals surface area contributed by atoms with Gasteiger partial charge in [-0.05, 0) is 31.2 Å². The molecule has 1 atom stereocenters. The first kappa shape index (κ1) is 18.3. The van der Waals surface area contributed by atoms with Gasteiger partial charge in [0.05, 0.1) is 6.54 Å². The summed E-state index contributed by atoms with van der Waals surface area (Å²) in [6.45, 7) is 9.58. The van der Waals surface area contributed by atoms with Crippen molar-refractivity contribution in [3.8, 4) is 5.88 Å². The number of hydrogen-bond acceptors (Lipinski definition) is 4. The van der Waals surface area contributed by atoms with Crippen molar-refractivity contribution < 1.29 is 19.3 Å². The van der Waals surface area contributed by atoms with Crippen molar-refractivity contribution in [2.45, 2.75) is 26.3 Å². The Morgan fingerprint density at radius 1 is 1.19 bits per heavy atom. The summed E-state index contributed by atoms with van der Waals surface area (Å²) in [6, 6.07) is 6.62. The zero-order valence-electron chi connectivity index (χ0n) is 15.7. The number of aryl methyl sites for hydroxylation is 1. The van der Waals surface area contributed by atoms with Gasteiger partial charge in [-0.25, -0.2) is 9.37 Å². The van der Waals surface area contributed by atoms with Gasteiger partial charge in [-0.1, -0.05) is 18.3 Å². The summed E-state index contributed by atoms with van der Waals surface area (Å²) in [6.07, 6.45) is 0.734. The van der Waals surface area contributed by atoms with Gasteiger partial charge in [0.25, 0.3) is 0 Å². The molecule has 1 aliphatic rings. The van der Waals surface area contributed by atoms with Crippen LogP contribution in [0.3, 0.4) is 0 Å². The molecule has 0 spiro atoms. The molecule has 1 aromatic carbocycles. The number of piperazine rings is 1. The van der Waals surface area contributed by atoms with E-state index in [0.29, 0.717) is 4.96 Å². The first-order valence-electron chi connectivity index (χ1n) is 9.61. The van der Waals surface area contributed by atoms with Crippen LogP contribution < -0.4 is 9.80 Å². The highest BCUT2D eigenvalue weighted by Gasteiger charge is 2.35. The number of quaternary nitrogens is 2. The molecule has 1 fully saturated rings. The summed E-state index contributed by atoms with van der Waals surface area (Å²) in [7, 11) is 0. The summed E-state index contributed by atoms with van der Waals surface area (Å²) in [5, 5.41) is 15.3. The van der Waals surface area contributed by atoms with Crippen LogP contribution in [0.15, 0.2) is 24.3 Å². The van der Waals surface area contributed by atoms with E-state index >= 15 is 0 Å². The number of hydrogen-bond donors (Lipinski definition) is 3. The van der Waals surface area contributed by atoms with Crippen molar-refractivity contribution in [2.75, 3.05) is 32.7 Å². The highest BCUT2D eigenvalue weighted by molar-refractivity contribution is 7.17. The maximum absolute atomic E-state index is 13.5. The van der Waals surface area contributed by atoms with Crippen LogP contribution in [-0.4, -0.2) is 52.4 Å². The molecular formula is C19H26FN5OS+2. The molecule has 27 heavy (non-hydrogen) atoms. The fourth-order valence-corrected chi connectivity index (χ4v) is 5.08. The van der Waals surface area contributed by atoms with Crippen LogP contribution in [0.25, 0.3) is 4.96 Å². The second kappa shape index (κ2) is 7.53. The molecule has 1 aliphatic heterocycles. The van der Waals surface area contributed by atoms with Crippen molar-refractivity contribution in [2.24, 2.45) is 0 Å². The average Bonchev–Trinajstić information content (AvgIpc) is 3.23. The van der Waals surface area contributed by atoms with E-state index in [2.05, 4.69) is 17.0 Å². The number of thiazole rings is 1. The number of halogens is 1. The van der Waals surface area contributed by atoms with E-state index in [1.165, 1.54) is 28.4 Å². The second-order valence-electron chi connectivity index (χ2n) is 7.11. The molecule has 8 heteroatoms. The van der Waals surface area contributed by atoms with Crippen LogP contribution in [0.1, 0.15) is 36.2 Å². The Hall–Kier alpha value is -2.03. The lowest BCUT2D eigenvalue weighted by Gasteiger charge is -2.34. The molecule has 1 saturated heterocycles. The Morgan fingerprint density at radius 2 is 1.89 bits per heavy atom. The number of aromatic nitrogens is 3. The fourth-order valence-electron chi connectivity index (χ4n) is 3.92. The molecule has 0 aliphatic carbocycles. The third kappa shape index (κ3) is 3.44. The van der Waals surface area contributed by atoms with Gasteiger partial charge in [0, 0.05) is 12.0 Å². The Bertz CT molecular complexity index is 914. The Morgan fingerprint density at radius 3 is 2.48 bits per heavy atom. The highest BCUT2D eigenvalue weighted by atomic mass is 32.1. The molecule has 0 saturated carbocycles. The van der Waals surface area contributed by atoms with Crippen molar-refractivity contribution in [1.82, 2.24) is 14.6 Å². The van der Waals surface area contributed by atoms with E-state index in [9.17, 15) is 9.50 Å². The predicted molar refractivity (Wildman–Crippen MR) is 102 cm³/mol. The Kier molecular flexibility index (Phi) is 5.12. The Labute approximate surface area is 161 Å². The minimum atomic E-state index is -0.243. The molecule has 4 rings (SSSR count). The standard InChI is InChI=1S/C19H24FN5OS/c1-3-15-21-19-25(22-15)18(26)17(27-19)16(13-5-7-14(20)8-6-13)24-11-9-23(4-2)10-12-24/h5-8,16,26H,3-4,9-12H2,1-2H3/p+2/t16-/m1/s1. The highest BCUT2D eigenvalue weighted by Crippen LogP contribution is 2.35. The molecule has 3 heterocycles. The number of benzene rings is 1. The van der Waals surface area contributed by atoms with Crippen LogP contribution in [0.4, 0.5) is 4.39 Å². The fraction of sp³-hybridized carbons (Fsp3) is 0.474. The lowest BCUT2D eigenvalue weighted by Crippen LogP contribution is -3.28. The van der Waals surface area contributed by atoms with E-state index in [1.807, 2.05) is 19.1 Å². The number of aromatic hydroxyl groups is 1. The summed E-state index contributed by atoms with van der Waals surface area (Å²) in [5.74, 6) is 0.649. The summed E-state index contributed by atoms with van der Waals surface area (Å²) in [5.41, 5.74) is 1.02. The molecule has 6 nitrogen and oxygen atoms in total. The van der Waals surface area contributed by atoms with Crippen LogP contribution in [0.2, 0.25) is 0 Å². The van der Waals surface area contributed by atoms with Crippen LogP contribution in [0.5, 0.6) is 5.88 Å². The molecular weight excluding hydrogens is 365 g/mol. The maximum atomic E-state index is 13.5. The van der Waals surface area contributed by atoms with Crippen molar-refractivity contribution in [3.63, 3.8) is 0 Å². The number of nitrogens with one attached hydrogen (secondary N) is 2. The van der Waals surface area contributed by atoms with Crippen molar-refractivity contribution >= 4 is 16.3 Å². The molecule has 3 N–H and O–H groups in total. The van der Waals surface area contributed by atoms with Gasteiger partial charge in [-0.2, -0.15) is 4.52 Å². The first-order valence-corrected chi connectivity index (χ1v) is 10.4. The smallest absolute Gasteiger partial charge is 0.235 e. The minimum Gasteiger partial charge on any atom is -0.492 e. The number of nitrogens with zero attached hydrogens (tertiary/aromatic N) is 3. The molecule has 0 unspecified atom stereocenters. The maximum Gasteiger partial charge on any atom is 0.235 e. The van der Waals surface area contributed by atoms with E-state index in [4.69, 9.17) is 0 Å². The van der Waals surface area contributed by atoms with Gasteiger partial charge in [0.15, 0.2) is 11.9 Å². The normalized spacial score (nSPS) is 21.6. The molecule has 144 valence electrons. The average molecular weight is 392 g/mol. The minimum absolute atomic E-state index is 0.0393. The van der Waals surface area contributed by atoms with Gasteiger partial charge < -0.3 is 14.9 Å². The topological polar surface area (TPSA) is 59.3 Å². The van der Waals surface area contributed by atoms with Gasteiger partial charge in [0.2, 0.25) is 10.8 Å². The van der Waals surface area contributed by atoms with E-state index in [0.717, 1.165) is 55.4 Å². The molecule has 0 amide bonds. The SMILES string of the molecule is CCc1nc2sc([C@@H](c3ccc(F)cc3)[NH+]3CC[NH+](CC)CC3)c(O)n2n1. The van der Waals surface area contributed by atoms with Crippen LogP contribution in [-0.2, 0) is 6.42 Å². The number of likely N-dealkylation sites (N-methyl/N-ethyl adjacent to an activating group) is 1. The second-order valence-corrected chi connectivity index (χ2v) is 8.12. The quantitative estimate of drug-likeness (QED) is 0.578. The lowest BCUT2D eigenvalue weighted by molar-refractivity contribution is -1.02. The van der Waals surface area contributed by atoms with E-state index in [-0.39, 0.29) is 17.7 Å². The zero-order valence-corrected chi connectivity index (χ0v) is 16.5. The molecule has 2 aromatic heterocycles. The van der Waals surface area contributed by atoms with Gasteiger partial charge in [-0.3, -0.25) is 0 Å².